The summed E-state index contributed by atoms with van der Waals surface area (Å²) in [5, 5.41) is 3.65. The fraction of sp³-hybridized carbons (Fsp3) is 0.105. The summed E-state index contributed by atoms with van der Waals surface area (Å²) in [6.07, 6.45) is -1.82. The molecule has 0 radical (unpaired) electrons. The van der Waals surface area contributed by atoms with Gasteiger partial charge in [-0.3, -0.25) is 0 Å². The number of hydrogen-bond donors (Lipinski definition) is 1. The molecule has 0 aliphatic heterocycles. The van der Waals surface area contributed by atoms with Gasteiger partial charge >= 0.3 is 6.18 Å². The third-order valence-electron chi connectivity index (χ3n) is 4.25. The zero-order chi connectivity index (χ0) is 19.9. The zero-order valence-corrected chi connectivity index (χ0v) is 14.6. The molecular formula is C19H14F3N5O. The highest BCUT2D eigenvalue weighted by atomic mass is 19.4. The molecule has 0 atom stereocenters. The van der Waals surface area contributed by atoms with Gasteiger partial charge in [0.25, 0.3) is 0 Å². The van der Waals surface area contributed by atoms with Gasteiger partial charge in [-0.25, -0.2) is 14.5 Å². The van der Waals surface area contributed by atoms with Crippen molar-refractivity contribution >= 4 is 11.3 Å². The van der Waals surface area contributed by atoms with E-state index in [-0.39, 0.29) is 22.7 Å². The van der Waals surface area contributed by atoms with Gasteiger partial charge in [0.05, 0.1) is 18.2 Å². The average molecular weight is 385 g/mol. The normalized spacial score (nSPS) is 11.7. The van der Waals surface area contributed by atoms with Crippen LogP contribution in [0.25, 0.3) is 28.0 Å². The minimum absolute atomic E-state index is 0.0681. The van der Waals surface area contributed by atoms with Gasteiger partial charge in [0.1, 0.15) is 11.6 Å². The molecule has 0 unspecified atom stereocenters. The maximum absolute atomic E-state index is 13.5. The molecule has 0 fully saturated rings. The number of fused-ring (bicyclic) bond motifs is 1. The standard InChI is InChI=1S/C19H14F3N5O/c1-28-12-7-5-11(6-8-12)13-10-24-18(25-17(13)23)15-14-4-2-3-9-27(14)26-16(15)19(20,21)22/h2-10H,1H3,(H2,23,24,25). The number of nitrogens with two attached hydrogens (primary N) is 1. The quantitative estimate of drug-likeness (QED) is 0.575. The second kappa shape index (κ2) is 6.52. The van der Waals surface area contributed by atoms with Crippen LogP contribution in [0.3, 0.4) is 0 Å². The van der Waals surface area contributed by atoms with Crippen LogP contribution in [0.4, 0.5) is 19.0 Å². The van der Waals surface area contributed by atoms with E-state index >= 15 is 0 Å². The van der Waals surface area contributed by atoms with Crippen molar-refractivity contribution in [2.24, 2.45) is 0 Å². The van der Waals surface area contributed by atoms with Gasteiger partial charge < -0.3 is 10.5 Å². The molecule has 0 saturated carbocycles. The van der Waals surface area contributed by atoms with Gasteiger partial charge in [-0.1, -0.05) is 18.2 Å². The van der Waals surface area contributed by atoms with E-state index in [1.165, 1.54) is 18.5 Å². The Bertz CT molecular complexity index is 1150. The van der Waals surface area contributed by atoms with Crippen LogP contribution in [0.2, 0.25) is 0 Å². The Labute approximate surface area is 157 Å². The lowest BCUT2D eigenvalue weighted by molar-refractivity contribution is -0.140. The highest BCUT2D eigenvalue weighted by Crippen LogP contribution is 2.38. The van der Waals surface area contributed by atoms with Crippen molar-refractivity contribution in [2.45, 2.75) is 6.18 Å². The highest BCUT2D eigenvalue weighted by Gasteiger charge is 2.39. The van der Waals surface area contributed by atoms with Crippen molar-refractivity contribution in [3.8, 4) is 28.3 Å². The Hall–Kier alpha value is -3.62. The Morgan fingerprint density at radius 3 is 2.46 bits per heavy atom. The molecule has 142 valence electrons. The van der Waals surface area contributed by atoms with Crippen molar-refractivity contribution < 1.29 is 17.9 Å². The molecule has 4 aromatic rings. The minimum atomic E-state index is -4.66. The SMILES string of the molecule is COc1ccc(-c2cnc(-c3c(C(F)(F)F)nn4ccccc34)nc2N)cc1. The van der Waals surface area contributed by atoms with Gasteiger partial charge in [0.2, 0.25) is 0 Å². The molecule has 1 aromatic carbocycles. The number of halogens is 3. The van der Waals surface area contributed by atoms with Crippen LogP contribution in [0, 0.1) is 0 Å². The number of pyridine rings is 1. The molecule has 2 N–H and O–H groups in total. The van der Waals surface area contributed by atoms with Gasteiger partial charge in [-0.05, 0) is 29.8 Å². The number of nitrogens with zero attached hydrogens (tertiary/aromatic N) is 4. The summed E-state index contributed by atoms with van der Waals surface area (Å²) in [5.74, 6) is 0.600. The molecule has 0 aliphatic rings. The van der Waals surface area contributed by atoms with E-state index in [1.54, 1.807) is 43.5 Å². The molecule has 0 aliphatic carbocycles. The summed E-state index contributed by atoms with van der Waals surface area (Å²) in [4.78, 5) is 8.29. The molecule has 0 saturated heterocycles. The van der Waals surface area contributed by atoms with Crippen molar-refractivity contribution in [3.05, 3.63) is 60.6 Å². The van der Waals surface area contributed by atoms with Crippen LogP contribution >= 0.6 is 0 Å². The third kappa shape index (κ3) is 3.00. The lowest BCUT2D eigenvalue weighted by Crippen LogP contribution is -2.09. The minimum Gasteiger partial charge on any atom is -0.497 e. The topological polar surface area (TPSA) is 78.3 Å². The smallest absolute Gasteiger partial charge is 0.435 e. The van der Waals surface area contributed by atoms with Crippen LogP contribution in [0.15, 0.2) is 54.9 Å². The van der Waals surface area contributed by atoms with Crippen LogP contribution < -0.4 is 10.5 Å². The second-order valence-corrected chi connectivity index (χ2v) is 5.97. The molecule has 0 amide bonds. The lowest BCUT2D eigenvalue weighted by Gasteiger charge is -2.09. The van der Waals surface area contributed by atoms with E-state index in [2.05, 4.69) is 15.1 Å². The number of nitrogen functional groups attached to an aromatic ring is 1. The first-order valence-electron chi connectivity index (χ1n) is 8.20. The number of anilines is 1. The predicted molar refractivity (Wildman–Crippen MR) is 97.6 cm³/mol. The number of benzene rings is 1. The maximum atomic E-state index is 13.5. The molecule has 3 aromatic heterocycles. The Morgan fingerprint density at radius 1 is 1.07 bits per heavy atom. The van der Waals surface area contributed by atoms with Crippen molar-refractivity contribution in [3.63, 3.8) is 0 Å². The molecule has 0 bridgehead atoms. The van der Waals surface area contributed by atoms with Gasteiger partial charge in [-0.2, -0.15) is 18.3 Å². The number of methoxy groups -OCH3 is 1. The summed E-state index contributed by atoms with van der Waals surface area (Å²) >= 11 is 0. The van der Waals surface area contributed by atoms with Gasteiger partial charge in [0, 0.05) is 18.0 Å². The first kappa shape index (κ1) is 17.8. The van der Waals surface area contributed by atoms with Crippen molar-refractivity contribution in [1.82, 2.24) is 19.6 Å². The summed E-state index contributed by atoms with van der Waals surface area (Å²) < 4.78 is 46.8. The van der Waals surface area contributed by atoms with E-state index in [4.69, 9.17) is 10.5 Å². The van der Waals surface area contributed by atoms with E-state index in [0.29, 0.717) is 11.3 Å². The average Bonchev–Trinajstić information content (AvgIpc) is 3.08. The maximum Gasteiger partial charge on any atom is 0.435 e. The third-order valence-corrected chi connectivity index (χ3v) is 4.25. The van der Waals surface area contributed by atoms with Crippen LogP contribution in [0.1, 0.15) is 5.69 Å². The summed E-state index contributed by atoms with van der Waals surface area (Å²) in [5.41, 5.74) is 6.25. The fourth-order valence-corrected chi connectivity index (χ4v) is 2.93. The van der Waals surface area contributed by atoms with Crippen LogP contribution in [-0.2, 0) is 6.18 Å². The van der Waals surface area contributed by atoms with E-state index in [9.17, 15) is 13.2 Å². The fourth-order valence-electron chi connectivity index (χ4n) is 2.93. The lowest BCUT2D eigenvalue weighted by atomic mass is 10.1. The van der Waals surface area contributed by atoms with Crippen molar-refractivity contribution in [2.75, 3.05) is 12.8 Å². The molecule has 0 spiro atoms. The Balaban J connectivity index is 1.86. The van der Waals surface area contributed by atoms with E-state index in [1.807, 2.05) is 0 Å². The number of rotatable bonds is 3. The van der Waals surface area contributed by atoms with Crippen LogP contribution in [-0.4, -0.2) is 26.7 Å². The molecule has 6 nitrogen and oxygen atoms in total. The number of hydrogen-bond acceptors (Lipinski definition) is 5. The van der Waals surface area contributed by atoms with Crippen LogP contribution in [0.5, 0.6) is 5.75 Å². The second-order valence-electron chi connectivity index (χ2n) is 5.97. The first-order chi connectivity index (χ1) is 13.4. The molecule has 3 heterocycles. The number of ether oxygens (including phenoxy) is 1. The zero-order valence-electron chi connectivity index (χ0n) is 14.6. The van der Waals surface area contributed by atoms with E-state index in [0.717, 1.165) is 10.1 Å². The number of alkyl halides is 3. The Morgan fingerprint density at radius 2 is 1.82 bits per heavy atom. The van der Waals surface area contributed by atoms with Gasteiger partial charge in [-0.15, -0.1) is 0 Å². The first-order valence-corrected chi connectivity index (χ1v) is 8.20. The number of aromatic nitrogens is 4. The molecular weight excluding hydrogens is 371 g/mol. The largest absolute Gasteiger partial charge is 0.497 e. The van der Waals surface area contributed by atoms with Gasteiger partial charge in [0.15, 0.2) is 11.5 Å². The monoisotopic (exact) mass is 385 g/mol. The Kier molecular flexibility index (Phi) is 4.14. The van der Waals surface area contributed by atoms with Crippen molar-refractivity contribution in [1.29, 1.82) is 0 Å². The highest BCUT2D eigenvalue weighted by molar-refractivity contribution is 5.81. The molecule has 9 heteroatoms. The summed E-state index contributed by atoms with van der Waals surface area (Å²) in [6.45, 7) is 0. The summed E-state index contributed by atoms with van der Waals surface area (Å²) in [6, 6.07) is 11.8. The predicted octanol–water partition coefficient (Wildman–Crippen LogP) is 4.07. The molecule has 4 rings (SSSR count). The van der Waals surface area contributed by atoms with E-state index < -0.39 is 11.9 Å². The molecule has 28 heavy (non-hydrogen) atoms. The summed E-state index contributed by atoms with van der Waals surface area (Å²) in [7, 11) is 1.55.